The molecule has 1 amide bonds. The minimum Gasteiger partial charge on any atom is -0.351 e. The summed E-state index contributed by atoms with van der Waals surface area (Å²) < 4.78 is 0. The Labute approximate surface area is 97.8 Å². The Balaban J connectivity index is 1.68. The highest BCUT2D eigenvalue weighted by atomic mass is 16.2. The van der Waals surface area contributed by atoms with E-state index in [0.717, 1.165) is 25.9 Å². The van der Waals surface area contributed by atoms with Crippen LogP contribution in [0.4, 0.5) is 0 Å². The third-order valence-corrected chi connectivity index (χ3v) is 3.50. The number of likely N-dealkylation sites (tertiary alicyclic amines) is 1. The van der Waals surface area contributed by atoms with Crippen molar-refractivity contribution in [3.8, 4) is 0 Å². The predicted molar refractivity (Wildman–Crippen MR) is 64.3 cm³/mol. The summed E-state index contributed by atoms with van der Waals surface area (Å²) in [5.41, 5.74) is 0. The summed E-state index contributed by atoms with van der Waals surface area (Å²) in [7, 11) is 0. The molecule has 1 unspecified atom stereocenters. The van der Waals surface area contributed by atoms with Gasteiger partial charge in [0.1, 0.15) is 0 Å². The SMILES string of the molecule is CC(CN1CCCC1)NC(=O)[C@H]1CCCN1. The van der Waals surface area contributed by atoms with Gasteiger partial charge in [-0.25, -0.2) is 0 Å². The monoisotopic (exact) mass is 225 g/mol. The number of rotatable bonds is 4. The molecular formula is C12H23N3O. The minimum absolute atomic E-state index is 0.0565. The van der Waals surface area contributed by atoms with Gasteiger partial charge in [0.15, 0.2) is 0 Å². The quantitative estimate of drug-likeness (QED) is 0.725. The molecule has 0 radical (unpaired) electrons. The molecule has 16 heavy (non-hydrogen) atoms. The van der Waals surface area contributed by atoms with Crippen molar-refractivity contribution in [2.45, 2.75) is 44.7 Å². The molecule has 0 aromatic rings. The zero-order valence-corrected chi connectivity index (χ0v) is 10.2. The lowest BCUT2D eigenvalue weighted by Crippen LogP contribution is -2.47. The molecule has 0 aromatic heterocycles. The zero-order chi connectivity index (χ0) is 11.4. The topological polar surface area (TPSA) is 44.4 Å². The summed E-state index contributed by atoms with van der Waals surface area (Å²) in [4.78, 5) is 14.3. The zero-order valence-electron chi connectivity index (χ0n) is 10.2. The van der Waals surface area contributed by atoms with Crippen LogP contribution in [0.15, 0.2) is 0 Å². The lowest BCUT2D eigenvalue weighted by Gasteiger charge is -2.22. The van der Waals surface area contributed by atoms with Crippen LogP contribution in [0.1, 0.15) is 32.6 Å². The molecule has 2 heterocycles. The number of amides is 1. The Hall–Kier alpha value is -0.610. The number of carbonyl (C=O) groups excluding carboxylic acids is 1. The van der Waals surface area contributed by atoms with Crippen LogP contribution in [0.25, 0.3) is 0 Å². The van der Waals surface area contributed by atoms with Gasteiger partial charge < -0.3 is 15.5 Å². The van der Waals surface area contributed by atoms with Crippen LogP contribution in [0, 0.1) is 0 Å². The third-order valence-electron chi connectivity index (χ3n) is 3.50. The van der Waals surface area contributed by atoms with Gasteiger partial charge in [0.2, 0.25) is 5.91 Å². The van der Waals surface area contributed by atoms with Crippen LogP contribution < -0.4 is 10.6 Å². The highest BCUT2D eigenvalue weighted by Gasteiger charge is 2.23. The smallest absolute Gasteiger partial charge is 0.237 e. The number of hydrogen-bond acceptors (Lipinski definition) is 3. The summed E-state index contributed by atoms with van der Waals surface area (Å²) in [5, 5.41) is 6.34. The molecule has 92 valence electrons. The first-order valence-electron chi connectivity index (χ1n) is 6.52. The summed E-state index contributed by atoms with van der Waals surface area (Å²) in [6, 6.07) is 0.328. The van der Waals surface area contributed by atoms with E-state index in [2.05, 4.69) is 22.5 Å². The fraction of sp³-hybridized carbons (Fsp3) is 0.917. The maximum atomic E-state index is 11.8. The number of nitrogens with one attached hydrogen (secondary N) is 2. The van der Waals surface area contributed by atoms with Crippen LogP contribution in [-0.4, -0.2) is 49.1 Å². The van der Waals surface area contributed by atoms with E-state index in [4.69, 9.17) is 0 Å². The van der Waals surface area contributed by atoms with Gasteiger partial charge in [0, 0.05) is 12.6 Å². The Bertz CT molecular complexity index is 232. The molecule has 2 aliphatic heterocycles. The Morgan fingerprint density at radius 2 is 2.19 bits per heavy atom. The van der Waals surface area contributed by atoms with Gasteiger partial charge >= 0.3 is 0 Å². The average Bonchev–Trinajstić information content (AvgIpc) is 2.88. The van der Waals surface area contributed by atoms with Crippen LogP contribution in [0.2, 0.25) is 0 Å². The van der Waals surface area contributed by atoms with Crippen molar-refractivity contribution in [3.63, 3.8) is 0 Å². The highest BCUT2D eigenvalue weighted by Crippen LogP contribution is 2.08. The molecule has 0 bridgehead atoms. The molecule has 0 aromatic carbocycles. The summed E-state index contributed by atoms with van der Waals surface area (Å²) in [6.07, 6.45) is 4.73. The molecule has 0 aliphatic carbocycles. The second kappa shape index (κ2) is 5.64. The summed E-state index contributed by atoms with van der Waals surface area (Å²) in [6.45, 7) is 6.48. The van der Waals surface area contributed by atoms with E-state index >= 15 is 0 Å². The van der Waals surface area contributed by atoms with Gasteiger partial charge in [-0.3, -0.25) is 4.79 Å². The second-order valence-electron chi connectivity index (χ2n) is 5.07. The van der Waals surface area contributed by atoms with Crippen LogP contribution in [0.3, 0.4) is 0 Å². The molecule has 2 fully saturated rings. The molecule has 2 N–H and O–H groups in total. The van der Waals surface area contributed by atoms with E-state index in [1.54, 1.807) is 0 Å². The maximum absolute atomic E-state index is 11.8. The van der Waals surface area contributed by atoms with Gasteiger partial charge in [0.05, 0.1) is 6.04 Å². The van der Waals surface area contributed by atoms with E-state index in [1.807, 2.05) is 0 Å². The molecule has 4 nitrogen and oxygen atoms in total. The minimum atomic E-state index is 0.0565. The van der Waals surface area contributed by atoms with Crippen LogP contribution >= 0.6 is 0 Å². The normalized spacial score (nSPS) is 28.2. The van der Waals surface area contributed by atoms with Crippen molar-refractivity contribution in [1.82, 2.24) is 15.5 Å². The van der Waals surface area contributed by atoms with Crippen LogP contribution in [0.5, 0.6) is 0 Å². The molecule has 2 aliphatic rings. The molecule has 4 heteroatoms. The number of nitrogens with zero attached hydrogens (tertiary/aromatic N) is 1. The Kier molecular flexibility index (Phi) is 4.18. The predicted octanol–water partition coefficient (Wildman–Crippen LogP) is 0.339. The summed E-state index contributed by atoms with van der Waals surface area (Å²) >= 11 is 0. The fourth-order valence-electron chi connectivity index (χ4n) is 2.65. The fourth-order valence-corrected chi connectivity index (χ4v) is 2.65. The first kappa shape index (κ1) is 11.9. The molecule has 0 saturated carbocycles. The van der Waals surface area contributed by atoms with Crippen molar-refractivity contribution in [1.29, 1.82) is 0 Å². The molecule has 2 saturated heterocycles. The van der Waals surface area contributed by atoms with E-state index in [-0.39, 0.29) is 18.0 Å². The number of carbonyl (C=O) groups is 1. The molecule has 2 atom stereocenters. The van der Waals surface area contributed by atoms with Gasteiger partial charge in [-0.05, 0) is 52.2 Å². The standard InChI is InChI=1S/C12H23N3O/c1-10(9-15-7-2-3-8-15)14-12(16)11-5-4-6-13-11/h10-11,13H,2-9H2,1H3,(H,14,16)/t10?,11-/m1/s1. The van der Waals surface area contributed by atoms with E-state index in [1.165, 1.54) is 25.9 Å². The van der Waals surface area contributed by atoms with Gasteiger partial charge in [-0.2, -0.15) is 0 Å². The Morgan fingerprint density at radius 3 is 2.81 bits per heavy atom. The Morgan fingerprint density at radius 1 is 1.44 bits per heavy atom. The number of hydrogen-bond donors (Lipinski definition) is 2. The van der Waals surface area contributed by atoms with Crippen molar-refractivity contribution in [2.75, 3.05) is 26.2 Å². The van der Waals surface area contributed by atoms with Gasteiger partial charge in [-0.1, -0.05) is 0 Å². The third kappa shape index (κ3) is 3.19. The lowest BCUT2D eigenvalue weighted by molar-refractivity contribution is -0.123. The van der Waals surface area contributed by atoms with Gasteiger partial charge in [-0.15, -0.1) is 0 Å². The van der Waals surface area contributed by atoms with Gasteiger partial charge in [0.25, 0.3) is 0 Å². The van der Waals surface area contributed by atoms with E-state index in [0.29, 0.717) is 0 Å². The van der Waals surface area contributed by atoms with E-state index in [9.17, 15) is 4.79 Å². The maximum Gasteiger partial charge on any atom is 0.237 e. The largest absolute Gasteiger partial charge is 0.351 e. The second-order valence-corrected chi connectivity index (χ2v) is 5.07. The molecule has 0 spiro atoms. The van der Waals surface area contributed by atoms with Crippen LogP contribution in [-0.2, 0) is 4.79 Å². The first-order valence-corrected chi connectivity index (χ1v) is 6.52. The molecular weight excluding hydrogens is 202 g/mol. The highest BCUT2D eigenvalue weighted by molar-refractivity contribution is 5.82. The van der Waals surface area contributed by atoms with Crippen molar-refractivity contribution < 1.29 is 4.79 Å². The van der Waals surface area contributed by atoms with E-state index < -0.39 is 0 Å². The average molecular weight is 225 g/mol. The summed E-state index contributed by atoms with van der Waals surface area (Å²) in [5.74, 6) is 0.184. The van der Waals surface area contributed by atoms with Crippen molar-refractivity contribution in [3.05, 3.63) is 0 Å². The molecule has 2 rings (SSSR count). The van der Waals surface area contributed by atoms with Crippen molar-refractivity contribution >= 4 is 5.91 Å². The van der Waals surface area contributed by atoms with Crippen molar-refractivity contribution in [2.24, 2.45) is 0 Å². The lowest BCUT2D eigenvalue weighted by atomic mass is 10.2. The first-order chi connectivity index (χ1) is 7.75.